The third kappa shape index (κ3) is 4.23. The van der Waals surface area contributed by atoms with Crippen LogP contribution in [0, 0.1) is 5.92 Å². The molecule has 2 saturated heterocycles. The Morgan fingerprint density at radius 1 is 1.24 bits per heavy atom. The summed E-state index contributed by atoms with van der Waals surface area (Å²) in [6.45, 7) is 6.34. The first kappa shape index (κ1) is 13.3. The Kier molecular flexibility index (Phi) is 5.26. The Morgan fingerprint density at radius 2 is 2.00 bits per heavy atom. The van der Waals surface area contributed by atoms with E-state index >= 15 is 0 Å². The Morgan fingerprint density at radius 3 is 2.71 bits per heavy atom. The van der Waals surface area contributed by atoms with E-state index in [1.807, 2.05) is 0 Å². The molecule has 3 nitrogen and oxygen atoms in total. The fourth-order valence-corrected chi connectivity index (χ4v) is 3.33. The predicted molar refractivity (Wildman–Crippen MR) is 73.4 cm³/mol. The zero-order valence-electron chi connectivity index (χ0n) is 11.6. The number of hydrogen-bond acceptors (Lipinski definition) is 3. The molecule has 0 bridgehead atoms. The zero-order valence-corrected chi connectivity index (χ0v) is 11.6. The summed E-state index contributed by atoms with van der Waals surface area (Å²) < 4.78 is 0. The first-order chi connectivity index (χ1) is 8.25. The summed E-state index contributed by atoms with van der Waals surface area (Å²) in [7, 11) is 4.59. The van der Waals surface area contributed by atoms with Gasteiger partial charge in [-0.05, 0) is 78.3 Å². The lowest BCUT2D eigenvalue weighted by Crippen LogP contribution is -2.42. The number of piperidine rings is 2. The van der Waals surface area contributed by atoms with E-state index in [-0.39, 0.29) is 0 Å². The van der Waals surface area contributed by atoms with Crippen LogP contribution in [-0.4, -0.2) is 62.7 Å². The molecule has 1 atom stereocenters. The molecule has 0 aromatic heterocycles. The maximum atomic E-state index is 3.45. The van der Waals surface area contributed by atoms with Crippen molar-refractivity contribution < 1.29 is 0 Å². The maximum absolute atomic E-state index is 3.45. The smallest absolute Gasteiger partial charge is 0.0116 e. The van der Waals surface area contributed by atoms with Gasteiger partial charge >= 0.3 is 0 Å². The quantitative estimate of drug-likeness (QED) is 0.800. The first-order valence-corrected chi connectivity index (χ1v) is 7.35. The van der Waals surface area contributed by atoms with Crippen LogP contribution in [0.3, 0.4) is 0 Å². The Balaban J connectivity index is 1.66. The highest BCUT2D eigenvalue weighted by Crippen LogP contribution is 2.19. The minimum atomic E-state index is 0.831. The second-order valence-electron chi connectivity index (χ2n) is 6.02. The van der Waals surface area contributed by atoms with E-state index < -0.39 is 0 Å². The van der Waals surface area contributed by atoms with Gasteiger partial charge in [0.2, 0.25) is 0 Å². The normalized spacial score (nSPS) is 28.8. The van der Waals surface area contributed by atoms with Gasteiger partial charge in [-0.2, -0.15) is 0 Å². The van der Waals surface area contributed by atoms with Gasteiger partial charge in [0.25, 0.3) is 0 Å². The second kappa shape index (κ2) is 6.72. The fraction of sp³-hybridized carbons (Fsp3) is 1.00. The van der Waals surface area contributed by atoms with Crippen molar-refractivity contribution in [1.82, 2.24) is 15.1 Å². The minimum absolute atomic E-state index is 0.831. The molecule has 100 valence electrons. The molecule has 0 aromatic carbocycles. The van der Waals surface area contributed by atoms with Gasteiger partial charge in [-0.3, -0.25) is 0 Å². The van der Waals surface area contributed by atoms with Crippen molar-refractivity contribution in [1.29, 1.82) is 0 Å². The highest BCUT2D eigenvalue weighted by molar-refractivity contribution is 4.77. The molecule has 0 aromatic rings. The van der Waals surface area contributed by atoms with Gasteiger partial charge in [-0.1, -0.05) is 0 Å². The van der Waals surface area contributed by atoms with E-state index in [2.05, 4.69) is 29.2 Å². The van der Waals surface area contributed by atoms with Crippen molar-refractivity contribution in [2.75, 3.05) is 46.8 Å². The van der Waals surface area contributed by atoms with Crippen LogP contribution in [0.4, 0.5) is 0 Å². The van der Waals surface area contributed by atoms with Crippen LogP contribution in [0.15, 0.2) is 0 Å². The van der Waals surface area contributed by atoms with Crippen LogP contribution in [0.25, 0.3) is 0 Å². The van der Waals surface area contributed by atoms with Crippen molar-refractivity contribution in [3.8, 4) is 0 Å². The fourth-order valence-electron chi connectivity index (χ4n) is 3.33. The predicted octanol–water partition coefficient (Wildman–Crippen LogP) is 1.40. The molecule has 0 radical (unpaired) electrons. The molecule has 0 spiro atoms. The van der Waals surface area contributed by atoms with Gasteiger partial charge in [0.1, 0.15) is 0 Å². The summed E-state index contributed by atoms with van der Waals surface area (Å²) in [5.41, 5.74) is 0. The highest BCUT2D eigenvalue weighted by atomic mass is 15.1. The summed E-state index contributed by atoms with van der Waals surface area (Å²) in [5, 5.41) is 3.45. The maximum Gasteiger partial charge on any atom is 0.0116 e. The van der Waals surface area contributed by atoms with Crippen molar-refractivity contribution >= 4 is 0 Å². The number of likely N-dealkylation sites (tertiary alicyclic amines) is 1. The number of rotatable bonds is 4. The van der Waals surface area contributed by atoms with E-state index in [0.717, 1.165) is 12.0 Å². The second-order valence-corrected chi connectivity index (χ2v) is 6.02. The Hall–Kier alpha value is -0.120. The topological polar surface area (TPSA) is 18.5 Å². The van der Waals surface area contributed by atoms with E-state index in [9.17, 15) is 0 Å². The summed E-state index contributed by atoms with van der Waals surface area (Å²) >= 11 is 0. The number of hydrogen-bond donors (Lipinski definition) is 1. The molecule has 2 aliphatic heterocycles. The van der Waals surface area contributed by atoms with E-state index in [4.69, 9.17) is 0 Å². The standard InChI is InChI=1S/C14H29N3/c1-16-10-3-4-13(12-16)7-11-17(2)14-5-8-15-9-6-14/h13-15H,3-12H2,1-2H3. The van der Waals surface area contributed by atoms with Crippen LogP contribution in [0.2, 0.25) is 0 Å². The van der Waals surface area contributed by atoms with Crippen molar-refractivity contribution in [2.45, 2.75) is 38.1 Å². The monoisotopic (exact) mass is 239 g/mol. The molecule has 2 heterocycles. The zero-order chi connectivity index (χ0) is 12.1. The highest BCUT2D eigenvalue weighted by Gasteiger charge is 2.20. The molecular weight excluding hydrogens is 210 g/mol. The van der Waals surface area contributed by atoms with Crippen LogP contribution in [0.1, 0.15) is 32.1 Å². The van der Waals surface area contributed by atoms with E-state index in [1.54, 1.807) is 0 Å². The molecular formula is C14H29N3. The van der Waals surface area contributed by atoms with Crippen molar-refractivity contribution in [3.63, 3.8) is 0 Å². The molecule has 0 saturated carbocycles. The van der Waals surface area contributed by atoms with Gasteiger partial charge in [-0.25, -0.2) is 0 Å². The van der Waals surface area contributed by atoms with Crippen LogP contribution in [0.5, 0.6) is 0 Å². The van der Waals surface area contributed by atoms with Crippen LogP contribution in [-0.2, 0) is 0 Å². The van der Waals surface area contributed by atoms with Crippen molar-refractivity contribution in [3.05, 3.63) is 0 Å². The summed E-state index contributed by atoms with van der Waals surface area (Å²) in [6.07, 6.45) is 6.91. The average Bonchev–Trinajstić information content (AvgIpc) is 2.37. The molecule has 0 amide bonds. The molecule has 0 aliphatic carbocycles. The van der Waals surface area contributed by atoms with Gasteiger partial charge in [0.15, 0.2) is 0 Å². The lowest BCUT2D eigenvalue weighted by atomic mass is 9.94. The molecule has 1 unspecified atom stereocenters. The van der Waals surface area contributed by atoms with Gasteiger partial charge < -0.3 is 15.1 Å². The summed E-state index contributed by atoms with van der Waals surface area (Å²) in [5.74, 6) is 0.943. The third-order valence-electron chi connectivity index (χ3n) is 4.54. The molecule has 2 fully saturated rings. The van der Waals surface area contributed by atoms with Crippen molar-refractivity contribution in [2.24, 2.45) is 5.92 Å². The van der Waals surface area contributed by atoms with Crippen LogP contribution >= 0.6 is 0 Å². The largest absolute Gasteiger partial charge is 0.317 e. The number of nitrogens with one attached hydrogen (secondary N) is 1. The Labute approximate surface area is 107 Å². The van der Waals surface area contributed by atoms with Gasteiger partial charge in [0, 0.05) is 12.6 Å². The summed E-state index contributed by atoms with van der Waals surface area (Å²) in [4.78, 5) is 5.11. The van der Waals surface area contributed by atoms with Crippen LogP contribution < -0.4 is 5.32 Å². The van der Waals surface area contributed by atoms with Gasteiger partial charge in [-0.15, -0.1) is 0 Å². The third-order valence-corrected chi connectivity index (χ3v) is 4.54. The molecule has 1 N–H and O–H groups in total. The molecule has 17 heavy (non-hydrogen) atoms. The van der Waals surface area contributed by atoms with E-state index in [1.165, 1.54) is 64.8 Å². The SMILES string of the molecule is CN1CCCC(CCN(C)C2CCNCC2)C1. The number of nitrogens with zero attached hydrogens (tertiary/aromatic N) is 2. The molecule has 3 heteroatoms. The lowest BCUT2D eigenvalue weighted by molar-refractivity contribution is 0.156. The lowest BCUT2D eigenvalue weighted by Gasteiger charge is -2.34. The van der Waals surface area contributed by atoms with E-state index in [0.29, 0.717) is 0 Å². The average molecular weight is 239 g/mol. The first-order valence-electron chi connectivity index (χ1n) is 7.35. The molecule has 2 rings (SSSR count). The Bertz CT molecular complexity index is 214. The van der Waals surface area contributed by atoms with Gasteiger partial charge in [0.05, 0.1) is 0 Å². The minimum Gasteiger partial charge on any atom is -0.317 e. The molecule has 2 aliphatic rings. The summed E-state index contributed by atoms with van der Waals surface area (Å²) in [6, 6.07) is 0.831.